The normalized spacial score (nSPS) is 11.2. The molecule has 0 bridgehead atoms. The van der Waals surface area contributed by atoms with Crippen molar-refractivity contribution in [2.24, 2.45) is 55.1 Å². The molecule has 0 fully saturated rings. The molecule has 7 heterocycles. The van der Waals surface area contributed by atoms with Crippen LogP contribution in [0, 0.1) is 0 Å². The van der Waals surface area contributed by atoms with Crippen LogP contribution < -0.4 is 58.9 Å². The lowest BCUT2D eigenvalue weighted by atomic mass is 10.1. The number of carbonyl (C=O) groups is 11. The van der Waals surface area contributed by atoms with Crippen LogP contribution in [0.15, 0.2) is 67.8 Å². The second-order valence-electron chi connectivity index (χ2n) is 19.8. The minimum atomic E-state index is -1.15. The highest BCUT2D eigenvalue weighted by Gasteiger charge is 2.23. The van der Waals surface area contributed by atoms with Gasteiger partial charge in [-0.15, -0.1) is 0 Å². The Hall–Kier alpha value is -11.2. The van der Waals surface area contributed by atoms with Crippen molar-refractivity contribution in [3.05, 3.63) is 85.1 Å². The number of esters is 1. The van der Waals surface area contributed by atoms with Crippen molar-refractivity contribution >= 4 is 123 Å². The van der Waals surface area contributed by atoms with Gasteiger partial charge in [0.2, 0.25) is 59.1 Å². The number of nitrogens with zero attached hydrogens (tertiary/aromatic N) is 11. The number of nitrogens with two attached hydrogens (primary N) is 1. The van der Waals surface area contributed by atoms with Gasteiger partial charge < -0.3 is 85.0 Å². The van der Waals surface area contributed by atoms with Crippen LogP contribution in [0.3, 0.4) is 0 Å². The van der Waals surface area contributed by atoms with Crippen LogP contribution in [-0.2, 0) is 92.4 Å². The van der Waals surface area contributed by atoms with E-state index in [0.717, 1.165) is 0 Å². The van der Waals surface area contributed by atoms with Gasteiger partial charge in [-0.3, -0.25) is 63.4 Å². The van der Waals surface area contributed by atoms with E-state index in [9.17, 15) is 52.7 Å². The average molecular weight is 1200 g/mol. The fourth-order valence-electron chi connectivity index (χ4n) is 8.29. The Morgan fingerprint density at radius 2 is 0.908 bits per heavy atom. The average Bonchev–Trinajstić information content (AvgIpc) is 2.91. The SMILES string of the molecule is CCOC(=O)CCC(=O)Nc1nc(NC(=O)c2cc(NC(=O)CCC(=O)Nc3nc(NC(=O)[C@H](N)CCC(=O)Nc4cc(NC(=O)c5nc(NC(=O)CCC(=O)Nc6cc(NC(=O)c7nccn7C)cn6C)cn5C)cn4C)cn3C)cn2C)cn1C. The van der Waals surface area contributed by atoms with Gasteiger partial charge in [-0.2, -0.15) is 9.97 Å². The molecule has 0 aliphatic carbocycles. The molecule has 12 N–H and O–H groups in total. The fourth-order valence-corrected chi connectivity index (χ4v) is 8.29. The first-order valence-electron chi connectivity index (χ1n) is 26.8. The zero-order valence-electron chi connectivity index (χ0n) is 48.7. The summed E-state index contributed by atoms with van der Waals surface area (Å²) in [7, 11) is 11.3. The Morgan fingerprint density at radius 1 is 0.448 bits per heavy atom. The van der Waals surface area contributed by atoms with E-state index in [1.54, 1.807) is 94.6 Å². The third-order valence-corrected chi connectivity index (χ3v) is 12.7. The number of hydrogen-bond acceptors (Lipinski definition) is 17. The first kappa shape index (κ1) is 63.4. The summed E-state index contributed by atoms with van der Waals surface area (Å²) in [5, 5.41) is 26.4. The van der Waals surface area contributed by atoms with Crippen molar-refractivity contribution < 1.29 is 57.5 Å². The molecule has 34 nitrogen and oxygen atoms in total. The Morgan fingerprint density at radius 3 is 1.46 bits per heavy atom. The molecule has 34 heteroatoms. The van der Waals surface area contributed by atoms with Crippen LogP contribution in [0.5, 0.6) is 0 Å². The van der Waals surface area contributed by atoms with E-state index in [4.69, 9.17) is 10.5 Å². The molecular formula is C53H66N22O12. The lowest BCUT2D eigenvalue weighted by Gasteiger charge is -2.11. The Labute approximate surface area is 495 Å². The number of hydrogen-bond donors (Lipinski definition) is 11. The van der Waals surface area contributed by atoms with E-state index in [-0.39, 0.29) is 110 Å². The van der Waals surface area contributed by atoms with E-state index >= 15 is 0 Å². The van der Waals surface area contributed by atoms with Crippen molar-refractivity contribution in [2.75, 3.05) is 59.8 Å². The molecule has 0 radical (unpaired) electrons. The van der Waals surface area contributed by atoms with Crippen LogP contribution in [-0.4, -0.2) is 130 Å². The maximum absolute atomic E-state index is 13.3. The number of rotatable bonds is 27. The van der Waals surface area contributed by atoms with E-state index in [2.05, 4.69) is 73.1 Å². The number of imidazole rings is 4. The predicted molar refractivity (Wildman–Crippen MR) is 315 cm³/mol. The molecule has 1 atom stereocenters. The third-order valence-electron chi connectivity index (χ3n) is 12.7. The second kappa shape index (κ2) is 28.4. The molecule has 0 spiro atoms. The van der Waals surface area contributed by atoms with E-state index in [1.807, 2.05) is 0 Å². The lowest BCUT2D eigenvalue weighted by Crippen LogP contribution is -2.36. The minimum Gasteiger partial charge on any atom is -0.466 e. The summed E-state index contributed by atoms with van der Waals surface area (Å²) < 4.78 is 15.3. The van der Waals surface area contributed by atoms with Crippen LogP contribution in [0.4, 0.5) is 58.0 Å². The number of ether oxygens (including phenoxy) is 1. The first-order chi connectivity index (χ1) is 41.3. The lowest BCUT2D eigenvalue weighted by molar-refractivity contribution is -0.144. The molecule has 0 aliphatic rings. The zero-order valence-corrected chi connectivity index (χ0v) is 48.7. The molecule has 7 rings (SSSR count). The van der Waals surface area contributed by atoms with Crippen LogP contribution in [0.1, 0.15) is 90.0 Å². The summed E-state index contributed by atoms with van der Waals surface area (Å²) in [4.78, 5) is 157. The third kappa shape index (κ3) is 17.7. The van der Waals surface area contributed by atoms with Crippen LogP contribution in [0.25, 0.3) is 0 Å². The van der Waals surface area contributed by atoms with Crippen molar-refractivity contribution in [3.8, 4) is 0 Å². The summed E-state index contributed by atoms with van der Waals surface area (Å²) in [6.07, 6.45) is 10.7. The maximum Gasteiger partial charge on any atom is 0.306 e. The number of nitrogens with one attached hydrogen (secondary N) is 10. The Balaban J connectivity index is 0.783. The van der Waals surface area contributed by atoms with Crippen molar-refractivity contribution in [1.29, 1.82) is 0 Å². The highest BCUT2D eigenvalue weighted by molar-refractivity contribution is 6.06. The second-order valence-corrected chi connectivity index (χ2v) is 19.8. The van der Waals surface area contributed by atoms with Gasteiger partial charge in [0.1, 0.15) is 17.3 Å². The first-order valence-corrected chi connectivity index (χ1v) is 26.8. The summed E-state index contributed by atoms with van der Waals surface area (Å²) in [5.41, 5.74) is 7.28. The van der Waals surface area contributed by atoms with E-state index < -0.39 is 71.1 Å². The molecule has 0 unspecified atom stereocenters. The Kier molecular flexibility index (Phi) is 20.7. The van der Waals surface area contributed by atoms with Crippen LogP contribution in [0.2, 0.25) is 0 Å². The van der Waals surface area contributed by atoms with Gasteiger partial charge in [-0.1, -0.05) is 0 Å². The fraction of sp³-hybridized carbons (Fsp3) is 0.340. The summed E-state index contributed by atoms with van der Waals surface area (Å²) in [5.74, 6) is -4.62. The summed E-state index contributed by atoms with van der Waals surface area (Å²) >= 11 is 0. The number of aromatic nitrogens is 11. The standard InChI is InChI=1S/C53H66N22O12/c1-9-87-45(82)17-16-44(81)68-53-64-36(28-75(53)8)62-49(84)33-20-29(23-70(33)3)56-39(76)12-15-43(80)67-52-63-35(27-74(52)7)61-48(83)32(54)10-11-41(78)65-37-22-31(25-72(37)5)58-51(86)47-60-34(26-73(47)6)59-40(77)13-14-42(79)66-38-21-30(24-71(38)4)57-50(85)46-55-18-19-69(46)2/h18-28,32H,9-17,54H2,1-8H3,(H,56,76)(H,57,85)(H,58,86)(H,59,77)(H,61,83)(H,62,84)(H,65,78)(H,66,79)(H,63,67,80)(H,64,68,81)/t32-/m1/s1. The molecule has 0 aliphatic heterocycles. The number of amides is 10. The molecule has 0 saturated heterocycles. The van der Waals surface area contributed by atoms with E-state index in [0.29, 0.717) is 23.0 Å². The smallest absolute Gasteiger partial charge is 0.306 e. The van der Waals surface area contributed by atoms with Gasteiger partial charge >= 0.3 is 5.97 Å². The zero-order chi connectivity index (χ0) is 63.2. The van der Waals surface area contributed by atoms with Gasteiger partial charge in [0.25, 0.3) is 17.7 Å². The molecule has 0 saturated carbocycles. The molecule has 10 amide bonds. The highest BCUT2D eigenvalue weighted by atomic mass is 16.5. The van der Waals surface area contributed by atoms with E-state index in [1.165, 1.54) is 61.4 Å². The summed E-state index contributed by atoms with van der Waals surface area (Å²) in [6, 6.07) is 3.34. The molecule has 87 heavy (non-hydrogen) atoms. The molecule has 0 aromatic carbocycles. The van der Waals surface area contributed by atoms with Gasteiger partial charge in [-0.05, 0) is 19.4 Å². The molecular weight excluding hydrogens is 1140 g/mol. The molecule has 7 aromatic rings. The Bertz CT molecular complexity index is 3770. The van der Waals surface area contributed by atoms with Crippen molar-refractivity contribution in [1.82, 2.24) is 51.9 Å². The maximum atomic E-state index is 13.3. The predicted octanol–water partition coefficient (Wildman–Crippen LogP) is 2.07. The van der Waals surface area contributed by atoms with Gasteiger partial charge in [0.15, 0.2) is 23.3 Å². The topological polar surface area (TPSA) is 429 Å². The van der Waals surface area contributed by atoms with Gasteiger partial charge in [0.05, 0.1) is 36.1 Å². The van der Waals surface area contributed by atoms with Gasteiger partial charge in [0, 0.05) is 150 Å². The van der Waals surface area contributed by atoms with Gasteiger partial charge in [-0.25, -0.2) is 9.97 Å². The number of aryl methyl sites for hydroxylation is 7. The molecule has 7 aromatic heterocycles. The summed E-state index contributed by atoms with van der Waals surface area (Å²) in [6.45, 7) is 1.86. The quantitative estimate of drug-likeness (QED) is 0.0328. The van der Waals surface area contributed by atoms with Crippen molar-refractivity contribution in [2.45, 2.75) is 64.3 Å². The highest BCUT2D eigenvalue weighted by Crippen LogP contribution is 2.23. The van der Waals surface area contributed by atoms with Crippen molar-refractivity contribution in [3.63, 3.8) is 0 Å². The molecule has 460 valence electrons. The monoisotopic (exact) mass is 1200 g/mol. The largest absolute Gasteiger partial charge is 0.466 e. The number of anilines is 10. The van der Waals surface area contributed by atoms with Crippen LogP contribution >= 0.6 is 0 Å². The minimum absolute atomic E-state index is 0.0477. The number of carbonyl (C=O) groups excluding carboxylic acids is 11.